The average molecular weight is 622 g/mol. The fourth-order valence-electron chi connectivity index (χ4n) is 3.41. The van der Waals surface area contributed by atoms with Crippen LogP contribution < -0.4 is 14.8 Å². The van der Waals surface area contributed by atoms with Crippen molar-refractivity contribution >= 4 is 79.7 Å². The summed E-state index contributed by atoms with van der Waals surface area (Å²) in [7, 11) is 1.49. The maximum atomic E-state index is 12.9. The van der Waals surface area contributed by atoms with Gasteiger partial charge in [-0.25, -0.2) is 0 Å². The largest absolute Gasteiger partial charge is 0.493 e. The lowest BCUT2D eigenvalue weighted by atomic mass is 10.1. The van der Waals surface area contributed by atoms with E-state index in [1.807, 2.05) is 6.07 Å². The highest BCUT2D eigenvalue weighted by atomic mass is 79.9. The number of hydrogen-bond donors (Lipinski definition) is 1. The number of para-hydroxylation sites is 1. The molecular weight excluding hydrogens is 603 g/mol. The van der Waals surface area contributed by atoms with Crippen LogP contribution in [0.1, 0.15) is 11.1 Å². The van der Waals surface area contributed by atoms with E-state index in [0.717, 1.165) is 22.2 Å². The van der Waals surface area contributed by atoms with Crippen molar-refractivity contribution in [2.45, 2.75) is 6.61 Å². The van der Waals surface area contributed by atoms with Crippen LogP contribution in [0.4, 0.5) is 10.5 Å². The summed E-state index contributed by atoms with van der Waals surface area (Å²) in [5.41, 5.74) is 1.92. The van der Waals surface area contributed by atoms with E-state index in [0.29, 0.717) is 37.3 Å². The summed E-state index contributed by atoms with van der Waals surface area (Å²) < 4.78 is 12.0. The molecular formula is C26H19BrCl2N2O5S. The van der Waals surface area contributed by atoms with E-state index >= 15 is 0 Å². The number of hydrogen-bond acceptors (Lipinski definition) is 6. The van der Waals surface area contributed by atoms with Crippen LogP contribution in [0.2, 0.25) is 10.0 Å². The van der Waals surface area contributed by atoms with Crippen molar-refractivity contribution < 1.29 is 23.9 Å². The Morgan fingerprint density at radius 3 is 2.57 bits per heavy atom. The molecule has 0 aromatic heterocycles. The van der Waals surface area contributed by atoms with E-state index in [1.54, 1.807) is 60.7 Å². The van der Waals surface area contributed by atoms with Gasteiger partial charge in [0.05, 0.1) is 16.5 Å². The number of carbonyl (C=O) groups is 3. The Bertz CT molecular complexity index is 1400. The van der Waals surface area contributed by atoms with Crippen LogP contribution in [0.25, 0.3) is 6.08 Å². The molecule has 0 atom stereocenters. The minimum atomic E-state index is -0.550. The predicted molar refractivity (Wildman–Crippen MR) is 149 cm³/mol. The number of methoxy groups -OCH3 is 1. The highest BCUT2D eigenvalue weighted by Gasteiger charge is 2.36. The number of nitrogens with one attached hydrogen (secondary N) is 1. The molecule has 0 aliphatic carbocycles. The number of ether oxygens (including phenoxy) is 2. The van der Waals surface area contributed by atoms with Crippen molar-refractivity contribution in [3.05, 3.63) is 91.2 Å². The van der Waals surface area contributed by atoms with Crippen LogP contribution in [-0.4, -0.2) is 35.6 Å². The van der Waals surface area contributed by atoms with E-state index < -0.39 is 17.1 Å². The lowest BCUT2D eigenvalue weighted by Crippen LogP contribution is -2.36. The number of rotatable bonds is 8. The molecule has 11 heteroatoms. The Balaban J connectivity index is 1.48. The van der Waals surface area contributed by atoms with Crippen LogP contribution in [0.3, 0.4) is 0 Å². The van der Waals surface area contributed by atoms with Crippen molar-refractivity contribution in [3.8, 4) is 11.5 Å². The van der Waals surface area contributed by atoms with Gasteiger partial charge in [0.2, 0.25) is 5.91 Å². The van der Waals surface area contributed by atoms with Crippen LogP contribution in [0.5, 0.6) is 11.5 Å². The van der Waals surface area contributed by atoms with E-state index in [2.05, 4.69) is 21.2 Å². The molecule has 1 aliphatic heterocycles. The maximum absolute atomic E-state index is 12.9. The Morgan fingerprint density at radius 1 is 1.11 bits per heavy atom. The third kappa shape index (κ3) is 6.67. The minimum Gasteiger partial charge on any atom is -0.493 e. The molecule has 1 aliphatic rings. The zero-order valence-corrected chi connectivity index (χ0v) is 23.2. The van der Waals surface area contributed by atoms with Crippen molar-refractivity contribution in [3.63, 3.8) is 0 Å². The van der Waals surface area contributed by atoms with E-state index in [9.17, 15) is 14.4 Å². The van der Waals surface area contributed by atoms with Gasteiger partial charge in [-0.05, 0) is 75.7 Å². The first-order chi connectivity index (χ1) is 17.7. The van der Waals surface area contributed by atoms with E-state index in [4.69, 9.17) is 32.7 Å². The monoisotopic (exact) mass is 620 g/mol. The fraction of sp³-hybridized carbons (Fsp3) is 0.115. The molecule has 0 saturated carbocycles. The zero-order valence-electron chi connectivity index (χ0n) is 19.3. The molecule has 0 unspecified atom stereocenters. The van der Waals surface area contributed by atoms with Crippen molar-refractivity contribution in [1.82, 2.24) is 4.90 Å². The molecule has 190 valence electrons. The molecule has 3 amide bonds. The Morgan fingerprint density at radius 2 is 1.86 bits per heavy atom. The van der Waals surface area contributed by atoms with Crippen molar-refractivity contribution in [1.29, 1.82) is 0 Å². The fourth-order valence-corrected chi connectivity index (χ4v) is 5.28. The normalized spacial score (nSPS) is 14.3. The predicted octanol–water partition coefficient (Wildman–Crippen LogP) is 7.02. The lowest BCUT2D eigenvalue weighted by Gasteiger charge is -2.14. The van der Waals surface area contributed by atoms with Gasteiger partial charge in [0.25, 0.3) is 11.1 Å². The number of halogens is 3. The molecule has 1 N–H and O–H groups in total. The van der Waals surface area contributed by atoms with Crippen LogP contribution >= 0.6 is 50.9 Å². The average Bonchev–Trinajstić information content (AvgIpc) is 3.11. The number of amides is 3. The Labute approximate surface area is 235 Å². The number of imide groups is 1. The second-order valence-electron chi connectivity index (χ2n) is 7.74. The summed E-state index contributed by atoms with van der Waals surface area (Å²) in [5, 5.41) is 3.15. The van der Waals surface area contributed by atoms with Crippen molar-refractivity contribution in [2.75, 3.05) is 19.0 Å². The SMILES string of the molecule is COc1cc(/C=C2\SC(=O)N(CC(=O)Nc3ccccc3)C2=O)cc(Br)c1OCc1ccc(Cl)cc1Cl. The van der Waals surface area contributed by atoms with Gasteiger partial charge in [-0.15, -0.1) is 0 Å². The third-order valence-corrected chi connectivity index (χ3v) is 7.25. The number of thioether (sulfide) groups is 1. The number of anilines is 1. The summed E-state index contributed by atoms with van der Waals surface area (Å²) in [4.78, 5) is 38.8. The summed E-state index contributed by atoms with van der Waals surface area (Å²) >= 11 is 16.4. The van der Waals surface area contributed by atoms with Gasteiger partial charge >= 0.3 is 0 Å². The molecule has 0 spiro atoms. The standard InChI is InChI=1S/C26H19BrCl2N2O5S/c1-35-21-10-15(9-19(27)24(21)36-14-16-7-8-17(28)12-20(16)29)11-22-25(33)31(26(34)37-22)13-23(32)30-18-5-3-2-4-6-18/h2-12H,13-14H2,1H3,(H,30,32)/b22-11-. The van der Waals surface area contributed by atoms with Gasteiger partial charge in [0.15, 0.2) is 11.5 Å². The van der Waals surface area contributed by atoms with E-state index in [-0.39, 0.29) is 18.1 Å². The number of nitrogens with zero attached hydrogens (tertiary/aromatic N) is 1. The molecule has 1 heterocycles. The minimum absolute atomic E-state index is 0.175. The molecule has 7 nitrogen and oxygen atoms in total. The zero-order chi connectivity index (χ0) is 26.5. The second kappa shape index (κ2) is 12.0. The highest BCUT2D eigenvalue weighted by Crippen LogP contribution is 2.40. The first-order valence-electron chi connectivity index (χ1n) is 10.8. The number of benzene rings is 3. The quantitative estimate of drug-likeness (QED) is 0.272. The van der Waals surface area contributed by atoms with Gasteiger partial charge in [-0.1, -0.05) is 47.5 Å². The van der Waals surface area contributed by atoms with Crippen LogP contribution in [0, 0.1) is 0 Å². The van der Waals surface area contributed by atoms with Gasteiger partial charge in [0.1, 0.15) is 13.2 Å². The third-order valence-electron chi connectivity index (χ3n) is 5.17. The van der Waals surface area contributed by atoms with Gasteiger partial charge in [-0.2, -0.15) is 0 Å². The maximum Gasteiger partial charge on any atom is 0.294 e. The number of carbonyl (C=O) groups excluding carboxylic acids is 3. The van der Waals surface area contributed by atoms with Gasteiger partial charge in [0, 0.05) is 21.3 Å². The van der Waals surface area contributed by atoms with Crippen LogP contribution in [0.15, 0.2) is 70.0 Å². The molecule has 1 fully saturated rings. The first-order valence-corrected chi connectivity index (χ1v) is 13.2. The molecule has 4 rings (SSSR count). The first kappa shape index (κ1) is 27.1. The summed E-state index contributed by atoms with van der Waals surface area (Å²) in [6, 6.07) is 17.3. The summed E-state index contributed by atoms with van der Waals surface area (Å²) in [6.45, 7) is -0.210. The second-order valence-corrected chi connectivity index (χ2v) is 10.4. The molecule has 0 radical (unpaired) electrons. The van der Waals surface area contributed by atoms with Gasteiger partial charge < -0.3 is 14.8 Å². The van der Waals surface area contributed by atoms with Crippen molar-refractivity contribution in [2.24, 2.45) is 0 Å². The molecule has 3 aromatic rings. The highest BCUT2D eigenvalue weighted by molar-refractivity contribution is 9.10. The molecule has 3 aromatic carbocycles. The lowest BCUT2D eigenvalue weighted by molar-refractivity contribution is -0.127. The summed E-state index contributed by atoms with van der Waals surface area (Å²) in [5.74, 6) is -0.170. The Hall–Kier alpha value is -2.98. The summed E-state index contributed by atoms with van der Waals surface area (Å²) in [6.07, 6.45) is 1.56. The van der Waals surface area contributed by atoms with Gasteiger partial charge in [-0.3, -0.25) is 19.3 Å². The smallest absolute Gasteiger partial charge is 0.294 e. The topological polar surface area (TPSA) is 84.9 Å². The molecule has 0 bridgehead atoms. The Kier molecular flexibility index (Phi) is 8.81. The van der Waals surface area contributed by atoms with E-state index in [1.165, 1.54) is 7.11 Å². The molecule has 37 heavy (non-hydrogen) atoms. The molecule has 1 saturated heterocycles. The van der Waals surface area contributed by atoms with Crippen LogP contribution in [-0.2, 0) is 16.2 Å².